The molecule has 0 spiro atoms. The van der Waals surface area contributed by atoms with Crippen molar-refractivity contribution >= 4 is 11.6 Å². The largest absolute Gasteiger partial charge is 0.506 e. The highest BCUT2D eigenvalue weighted by molar-refractivity contribution is 6.33. The van der Waals surface area contributed by atoms with Crippen LogP contribution in [0.5, 0.6) is 11.5 Å². The lowest BCUT2D eigenvalue weighted by Crippen LogP contribution is -2.06. The van der Waals surface area contributed by atoms with Gasteiger partial charge < -0.3 is 14.9 Å². The van der Waals surface area contributed by atoms with E-state index in [2.05, 4.69) is 0 Å². The van der Waals surface area contributed by atoms with Gasteiger partial charge in [0, 0.05) is 5.56 Å². The number of methoxy groups -OCH3 is 1. The van der Waals surface area contributed by atoms with E-state index in [-0.39, 0.29) is 10.8 Å². The van der Waals surface area contributed by atoms with Crippen LogP contribution in [-0.2, 0) is 5.60 Å². The zero-order chi connectivity index (χ0) is 10.3. The number of ether oxygens (including phenoxy) is 1. The van der Waals surface area contributed by atoms with Crippen LogP contribution in [0, 0.1) is 0 Å². The van der Waals surface area contributed by atoms with Crippen molar-refractivity contribution in [2.45, 2.75) is 18.4 Å². The van der Waals surface area contributed by atoms with Crippen LogP contribution >= 0.6 is 11.6 Å². The van der Waals surface area contributed by atoms with Gasteiger partial charge in [-0.25, -0.2) is 0 Å². The van der Waals surface area contributed by atoms with E-state index in [4.69, 9.17) is 16.3 Å². The van der Waals surface area contributed by atoms with E-state index in [1.807, 2.05) is 0 Å². The van der Waals surface area contributed by atoms with E-state index in [1.165, 1.54) is 13.2 Å². The van der Waals surface area contributed by atoms with Gasteiger partial charge in [-0.1, -0.05) is 11.6 Å². The number of halogens is 1. The molecule has 1 aromatic rings. The van der Waals surface area contributed by atoms with Gasteiger partial charge in [-0.2, -0.15) is 0 Å². The lowest BCUT2D eigenvalue weighted by atomic mass is 10.1. The molecule has 2 N–H and O–H groups in total. The molecule has 0 heterocycles. The maximum atomic E-state index is 9.91. The molecule has 1 aromatic carbocycles. The number of aromatic hydroxyl groups is 1. The average molecular weight is 215 g/mol. The summed E-state index contributed by atoms with van der Waals surface area (Å²) >= 11 is 5.85. The molecule has 4 heteroatoms. The Morgan fingerprint density at radius 1 is 1.43 bits per heavy atom. The van der Waals surface area contributed by atoms with Crippen LogP contribution in [0.25, 0.3) is 0 Å². The fraction of sp³-hybridized carbons (Fsp3) is 0.400. The third-order valence-corrected chi connectivity index (χ3v) is 2.87. The smallest absolute Gasteiger partial charge is 0.147 e. The minimum absolute atomic E-state index is 0.0310. The summed E-state index contributed by atoms with van der Waals surface area (Å²) in [6, 6.07) is 3.11. The summed E-state index contributed by atoms with van der Waals surface area (Å²) < 4.78 is 5.07. The third-order valence-electron chi connectivity index (χ3n) is 2.51. The zero-order valence-corrected chi connectivity index (χ0v) is 8.51. The molecule has 14 heavy (non-hydrogen) atoms. The van der Waals surface area contributed by atoms with Crippen LogP contribution in [0.3, 0.4) is 0 Å². The van der Waals surface area contributed by atoms with Crippen molar-refractivity contribution in [2.24, 2.45) is 0 Å². The predicted octanol–water partition coefficient (Wildman–Crippen LogP) is 2.04. The van der Waals surface area contributed by atoms with Gasteiger partial charge in [0.2, 0.25) is 0 Å². The molecule has 3 nitrogen and oxygen atoms in total. The summed E-state index contributed by atoms with van der Waals surface area (Å²) in [6.45, 7) is 0. The Bertz CT molecular complexity index is 372. The van der Waals surface area contributed by atoms with Crippen molar-refractivity contribution in [3.05, 3.63) is 22.7 Å². The molecule has 1 aliphatic carbocycles. The molecule has 0 aliphatic heterocycles. The van der Waals surface area contributed by atoms with E-state index in [9.17, 15) is 10.2 Å². The van der Waals surface area contributed by atoms with Crippen LogP contribution < -0.4 is 4.74 Å². The molecule has 1 fully saturated rings. The average Bonchev–Trinajstić information content (AvgIpc) is 2.89. The minimum atomic E-state index is -0.803. The Kier molecular flexibility index (Phi) is 2.09. The number of aliphatic hydroxyl groups is 1. The van der Waals surface area contributed by atoms with Crippen molar-refractivity contribution in [1.82, 2.24) is 0 Å². The van der Waals surface area contributed by atoms with E-state index in [0.29, 0.717) is 24.2 Å². The lowest BCUT2D eigenvalue weighted by molar-refractivity contribution is 0.147. The molecule has 2 rings (SSSR count). The third kappa shape index (κ3) is 1.33. The first-order chi connectivity index (χ1) is 6.58. The number of hydrogen-bond donors (Lipinski definition) is 2. The zero-order valence-electron chi connectivity index (χ0n) is 7.75. The van der Waals surface area contributed by atoms with Crippen molar-refractivity contribution in [1.29, 1.82) is 0 Å². The molecule has 0 atom stereocenters. The molecular formula is C10H11ClO3. The first-order valence-electron chi connectivity index (χ1n) is 4.37. The van der Waals surface area contributed by atoms with E-state index in [0.717, 1.165) is 0 Å². The normalized spacial score (nSPS) is 17.9. The lowest BCUT2D eigenvalue weighted by Gasteiger charge is -2.15. The number of phenols is 1. The molecule has 0 amide bonds. The second kappa shape index (κ2) is 3.04. The number of phenolic OH excluding ortho intramolecular Hbond substituents is 1. The Balaban J connectivity index is 2.55. The molecule has 76 valence electrons. The van der Waals surface area contributed by atoms with Crippen molar-refractivity contribution in [2.75, 3.05) is 7.11 Å². The summed E-state index contributed by atoms with van der Waals surface area (Å²) in [5, 5.41) is 19.4. The number of rotatable bonds is 2. The second-order valence-electron chi connectivity index (χ2n) is 3.51. The van der Waals surface area contributed by atoms with Gasteiger partial charge in [0.1, 0.15) is 16.5 Å². The highest BCUT2D eigenvalue weighted by Crippen LogP contribution is 2.51. The maximum Gasteiger partial charge on any atom is 0.147 e. The summed E-state index contributed by atoms with van der Waals surface area (Å²) in [4.78, 5) is 0. The molecule has 0 radical (unpaired) electrons. The van der Waals surface area contributed by atoms with Crippen molar-refractivity contribution < 1.29 is 14.9 Å². The fourth-order valence-corrected chi connectivity index (χ4v) is 1.74. The molecule has 0 saturated heterocycles. The maximum absolute atomic E-state index is 9.91. The summed E-state index contributed by atoms with van der Waals surface area (Å²) in [6.07, 6.45) is 1.43. The van der Waals surface area contributed by atoms with Gasteiger partial charge in [0.05, 0.1) is 12.7 Å². The number of hydrogen-bond acceptors (Lipinski definition) is 3. The van der Waals surface area contributed by atoms with Crippen LogP contribution in [0.2, 0.25) is 5.02 Å². The monoisotopic (exact) mass is 214 g/mol. The van der Waals surface area contributed by atoms with Gasteiger partial charge in [-0.15, -0.1) is 0 Å². The Morgan fingerprint density at radius 3 is 2.57 bits per heavy atom. The standard InChI is InChI=1S/C10H11ClO3/c1-14-9-6(10(13)4-5-10)2-3-7(12)8(9)11/h2-3,12-13H,4-5H2,1H3. The molecule has 0 unspecified atom stereocenters. The van der Waals surface area contributed by atoms with Crippen LogP contribution in [0.4, 0.5) is 0 Å². The van der Waals surface area contributed by atoms with Gasteiger partial charge in [-0.05, 0) is 25.0 Å². The molecule has 1 aliphatic rings. The minimum Gasteiger partial charge on any atom is -0.506 e. The molecule has 0 bridgehead atoms. The second-order valence-corrected chi connectivity index (χ2v) is 3.89. The van der Waals surface area contributed by atoms with Gasteiger partial charge >= 0.3 is 0 Å². The molecular weight excluding hydrogens is 204 g/mol. The van der Waals surface area contributed by atoms with Gasteiger partial charge in [0.15, 0.2) is 0 Å². The molecule has 0 aromatic heterocycles. The summed E-state index contributed by atoms with van der Waals surface area (Å²) in [5.74, 6) is 0.336. The van der Waals surface area contributed by atoms with Crippen molar-refractivity contribution in [3.63, 3.8) is 0 Å². The van der Waals surface area contributed by atoms with Gasteiger partial charge in [0.25, 0.3) is 0 Å². The summed E-state index contributed by atoms with van der Waals surface area (Å²) in [5.41, 5.74) is -0.148. The van der Waals surface area contributed by atoms with Crippen LogP contribution in [-0.4, -0.2) is 17.3 Å². The fourth-order valence-electron chi connectivity index (χ4n) is 1.50. The summed E-state index contributed by atoms with van der Waals surface area (Å²) in [7, 11) is 1.47. The Labute approximate surface area is 86.9 Å². The van der Waals surface area contributed by atoms with E-state index >= 15 is 0 Å². The number of benzene rings is 1. The van der Waals surface area contributed by atoms with E-state index in [1.54, 1.807) is 6.07 Å². The van der Waals surface area contributed by atoms with Crippen LogP contribution in [0.15, 0.2) is 12.1 Å². The molecule has 1 saturated carbocycles. The van der Waals surface area contributed by atoms with E-state index < -0.39 is 5.60 Å². The highest BCUT2D eigenvalue weighted by atomic mass is 35.5. The highest BCUT2D eigenvalue weighted by Gasteiger charge is 2.44. The SMILES string of the molecule is COc1c(C2(O)CC2)ccc(O)c1Cl. The first-order valence-corrected chi connectivity index (χ1v) is 4.74. The first kappa shape index (κ1) is 9.62. The topological polar surface area (TPSA) is 49.7 Å². The van der Waals surface area contributed by atoms with Crippen molar-refractivity contribution in [3.8, 4) is 11.5 Å². The van der Waals surface area contributed by atoms with Gasteiger partial charge in [-0.3, -0.25) is 0 Å². The predicted molar refractivity (Wildman–Crippen MR) is 52.8 cm³/mol. The Hall–Kier alpha value is -0.930. The van der Waals surface area contributed by atoms with Crippen LogP contribution in [0.1, 0.15) is 18.4 Å². The quantitative estimate of drug-likeness (QED) is 0.792. The Morgan fingerprint density at radius 2 is 2.07 bits per heavy atom.